The van der Waals surface area contributed by atoms with Crippen LogP contribution in [0.2, 0.25) is 0 Å². The van der Waals surface area contributed by atoms with Crippen LogP contribution in [-0.2, 0) is 32.0 Å². The molecule has 0 bridgehead atoms. The zero-order valence-corrected chi connectivity index (χ0v) is 23.1. The quantitative estimate of drug-likeness (QED) is 0.324. The van der Waals surface area contributed by atoms with Crippen LogP contribution in [0.1, 0.15) is 56.1 Å². The minimum atomic E-state index is -1.14. The van der Waals surface area contributed by atoms with Crippen LogP contribution in [0.25, 0.3) is 10.8 Å². The van der Waals surface area contributed by atoms with E-state index in [1.807, 2.05) is 54.6 Å². The van der Waals surface area contributed by atoms with Gasteiger partial charge in [0, 0.05) is 5.69 Å². The van der Waals surface area contributed by atoms with E-state index in [0.29, 0.717) is 44.2 Å². The summed E-state index contributed by atoms with van der Waals surface area (Å²) in [5.74, 6) is -3.52. The topological polar surface area (TPSA) is 124 Å². The molecule has 2 amide bonds. The lowest BCUT2D eigenvalue weighted by atomic mass is 9.75. The second-order valence-electron chi connectivity index (χ2n) is 11.4. The summed E-state index contributed by atoms with van der Waals surface area (Å²) in [5.41, 5.74) is 1.61. The van der Waals surface area contributed by atoms with E-state index >= 15 is 0 Å². The van der Waals surface area contributed by atoms with Gasteiger partial charge in [-0.15, -0.1) is 0 Å². The van der Waals surface area contributed by atoms with Crippen LogP contribution in [0.5, 0.6) is 0 Å². The maximum atomic E-state index is 13.9. The van der Waals surface area contributed by atoms with Crippen molar-refractivity contribution < 1.29 is 29.4 Å². The van der Waals surface area contributed by atoms with Gasteiger partial charge in [0.25, 0.3) is 0 Å². The fourth-order valence-corrected chi connectivity index (χ4v) is 6.66. The van der Waals surface area contributed by atoms with Gasteiger partial charge in [-0.05, 0) is 72.9 Å². The number of carboxylic acid groups (broad SMARTS) is 2. The number of nitrogens with zero attached hydrogens (tertiary/aromatic N) is 1. The lowest BCUT2D eigenvalue weighted by Gasteiger charge is -2.33. The summed E-state index contributed by atoms with van der Waals surface area (Å²) in [6.07, 6.45) is 4.82. The SMILES string of the molecule is O=C(O)CN1C(=O)C(NC(=O)C2(C[C@@H](CCc3cccc4ccccc34)C(=O)O)CCCC2)CCc2ccccc21. The van der Waals surface area contributed by atoms with Crippen molar-refractivity contribution in [2.75, 3.05) is 11.4 Å². The first-order chi connectivity index (χ1) is 19.8. The first-order valence-corrected chi connectivity index (χ1v) is 14.4. The molecule has 214 valence electrons. The fourth-order valence-electron chi connectivity index (χ4n) is 6.66. The highest BCUT2D eigenvalue weighted by Crippen LogP contribution is 2.45. The van der Waals surface area contributed by atoms with E-state index in [9.17, 15) is 29.4 Å². The molecule has 1 unspecified atom stereocenters. The number of hydrogen-bond acceptors (Lipinski definition) is 4. The minimum Gasteiger partial charge on any atom is -0.481 e. The summed E-state index contributed by atoms with van der Waals surface area (Å²) in [5, 5.41) is 24.8. The molecule has 1 fully saturated rings. The van der Waals surface area contributed by atoms with Crippen LogP contribution in [0.3, 0.4) is 0 Å². The first-order valence-electron chi connectivity index (χ1n) is 14.4. The lowest BCUT2D eigenvalue weighted by Crippen LogP contribution is -2.53. The van der Waals surface area contributed by atoms with Gasteiger partial charge in [-0.25, -0.2) is 0 Å². The van der Waals surface area contributed by atoms with Crippen LogP contribution in [0, 0.1) is 11.3 Å². The van der Waals surface area contributed by atoms with E-state index in [-0.39, 0.29) is 12.3 Å². The number of carbonyl (C=O) groups excluding carboxylic acids is 2. The van der Waals surface area contributed by atoms with E-state index in [0.717, 1.165) is 34.7 Å². The molecular weight excluding hydrogens is 520 g/mol. The molecule has 3 aromatic carbocycles. The van der Waals surface area contributed by atoms with Crippen molar-refractivity contribution in [1.82, 2.24) is 5.32 Å². The summed E-state index contributed by atoms with van der Waals surface area (Å²) in [4.78, 5) is 52.8. The summed E-state index contributed by atoms with van der Waals surface area (Å²) in [6.45, 7) is -0.497. The number of aryl methyl sites for hydroxylation is 2. The van der Waals surface area contributed by atoms with Gasteiger partial charge < -0.3 is 15.5 Å². The number of carbonyl (C=O) groups is 4. The Bertz CT molecular complexity index is 1460. The number of carboxylic acids is 2. The predicted octanol–water partition coefficient (Wildman–Crippen LogP) is 4.97. The molecule has 0 saturated heterocycles. The van der Waals surface area contributed by atoms with Crippen molar-refractivity contribution in [1.29, 1.82) is 0 Å². The van der Waals surface area contributed by atoms with E-state index in [4.69, 9.17) is 0 Å². The second-order valence-corrected chi connectivity index (χ2v) is 11.4. The Balaban J connectivity index is 1.33. The number of anilines is 1. The fraction of sp³-hybridized carbons (Fsp3) is 0.394. The zero-order valence-electron chi connectivity index (χ0n) is 23.1. The Morgan fingerprint density at radius 1 is 0.951 bits per heavy atom. The van der Waals surface area contributed by atoms with Crippen molar-refractivity contribution in [3.8, 4) is 0 Å². The molecule has 8 heteroatoms. The van der Waals surface area contributed by atoms with E-state index < -0.39 is 41.8 Å². The van der Waals surface area contributed by atoms with Crippen LogP contribution < -0.4 is 10.2 Å². The molecule has 41 heavy (non-hydrogen) atoms. The van der Waals surface area contributed by atoms with Gasteiger partial charge in [0.15, 0.2) is 0 Å². The molecular formula is C33H36N2O6. The highest BCUT2D eigenvalue weighted by molar-refractivity contribution is 6.03. The van der Waals surface area contributed by atoms with Gasteiger partial charge in [-0.2, -0.15) is 0 Å². The first kappa shape index (κ1) is 28.3. The Hall–Kier alpha value is -4.20. The third-order valence-corrected chi connectivity index (χ3v) is 8.82. The number of nitrogens with one attached hydrogen (secondary N) is 1. The van der Waals surface area contributed by atoms with Crippen molar-refractivity contribution in [3.05, 3.63) is 77.9 Å². The van der Waals surface area contributed by atoms with Crippen LogP contribution in [0.4, 0.5) is 5.69 Å². The smallest absolute Gasteiger partial charge is 0.323 e. The van der Waals surface area contributed by atoms with Crippen molar-refractivity contribution >= 4 is 40.2 Å². The number of aliphatic carboxylic acids is 2. The second kappa shape index (κ2) is 12.1. The molecule has 1 aliphatic carbocycles. The Morgan fingerprint density at radius 3 is 2.41 bits per heavy atom. The largest absolute Gasteiger partial charge is 0.481 e. The molecule has 0 spiro atoms. The summed E-state index contributed by atoms with van der Waals surface area (Å²) in [7, 11) is 0. The molecule has 0 radical (unpaired) electrons. The van der Waals surface area contributed by atoms with Crippen molar-refractivity contribution in [2.24, 2.45) is 11.3 Å². The molecule has 5 rings (SSSR count). The molecule has 8 nitrogen and oxygen atoms in total. The van der Waals surface area contributed by atoms with Gasteiger partial charge in [-0.3, -0.25) is 24.1 Å². The number of benzene rings is 3. The molecule has 1 saturated carbocycles. The van der Waals surface area contributed by atoms with Gasteiger partial charge >= 0.3 is 11.9 Å². The Morgan fingerprint density at radius 2 is 1.66 bits per heavy atom. The monoisotopic (exact) mass is 556 g/mol. The number of hydrogen-bond donors (Lipinski definition) is 3. The molecule has 2 aliphatic rings. The van der Waals surface area contributed by atoms with Gasteiger partial charge in [0.1, 0.15) is 12.6 Å². The third kappa shape index (κ3) is 6.11. The average molecular weight is 557 g/mol. The third-order valence-electron chi connectivity index (χ3n) is 8.82. The van der Waals surface area contributed by atoms with E-state index in [1.54, 1.807) is 12.1 Å². The van der Waals surface area contributed by atoms with Gasteiger partial charge in [0.05, 0.1) is 11.3 Å². The van der Waals surface area contributed by atoms with Gasteiger partial charge in [-0.1, -0.05) is 73.5 Å². The zero-order chi connectivity index (χ0) is 29.0. The minimum absolute atomic E-state index is 0.207. The van der Waals surface area contributed by atoms with Gasteiger partial charge in [0.2, 0.25) is 11.8 Å². The number of para-hydroxylation sites is 1. The molecule has 1 heterocycles. The molecule has 2 atom stereocenters. The summed E-state index contributed by atoms with van der Waals surface area (Å²) in [6, 6.07) is 20.4. The number of amides is 2. The van der Waals surface area contributed by atoms with Crippen LogP contribution >= 0.6 is 0 Å². The normalized spacial score (nSPS) is 18.9. The number of fused-ring (bicyclic) bond motifs is 2. The Kier molecular flexibility index (Phi) is 8.38. The maximum absolute atomic E-state index is 13.9. The van der Waals surface area contributed by atoms with Crippen LogP contribution in [0.15, 0.2) is 66.7 Å². The average Bonchev–Trinajstić information content (AvgIpc) is 3.41. The standard InChI is InChI=1S/C33H36N2O6/c36-29(37)21-35-28-13-4-2-9-24(28)16-17-27(30(35)38)34-32(41)33(18-5-6-19-33)20-25(31(39)40)15-14-23-11-7-10-22-8-1-3-12-26(22)23/h1-4,7-13,25,27H,5-6,14-21H2,(H,34,41)(H,36,37)(H,39,40)/t25-,27?/m1/s1. The van der Waals surface area contributed by atoms with Crippen molar-refractivity contribution in [3.63, 3.8) is 0 Å². The summed E-state index contributed by atoms with van der Waals surface area (Å²) >= 11 is 0. The van der Waals surface area contributed by atoms with Crippen LogP contribution in [-0.4, -0.2) is 46.6 Å². The lowest BCUT2D eigenvalue weighted by molar-refractivity contribution is -0.145. The van der Waals surface area contributed by atoms with E-state index in [2.05, 4.69) is 5.32 Å². The highest BCUT2D eigenvalue weighted by Gasteiger charge is 2.45. The molecule has 1 aliphatic heterocycles. The maximum Gasteiger partial charge on any atom is 0.323 e. The van der Waals surface area contributed by atoms with E-state index in [1.165, 1.54) is 4.90 Å². The molecule has 3 N–H and O–H groups in total. The number of rotatable bonds is 10. The molecule has 3 aromatic rings. The summed E-state index contributed by atoms with van der Waals surface area (Å²) < 4.78 is 0. The van der Waals surface area contributed by atoms with Crippen molar-refractivity contribution in [2.45, 2.75) is 63.8 Å². The Labute approximate surface area is 239 Å². The highest BCUT2D eigenvalue weighted by atomic mass is 16.4. The predicted molar refractivity (Wildman–Crippen MR) is 156 cm³/mol. The molecule has 0 aromatic heterocycles.